The maximum absolute atomic E-state index is 5.42. The highest BCUT2D eigenvalue weighted by atomic mass is 32.1. The molecule has 5 nitrogen and oxygen atoms in total. The van der Waals surface area contributed by atoms with Gasteiger partial charge in [-0.2, -0.15) is 5.10 Å². The van der Waals surface area contributed by atoms with Crippen LogP contribution < -0.4 is 20.2 Å². The van der Waals surface area contributed by atoms with E-state index in [0.29, 0.717) is 5.11 Å². The second-order valence-corrected chi connectivity index (χ2v) is 4.91. The first-order chi connectivity index (χ1) is 10.7. The molecule has 116 valence electrons. The van der Waals surface area contributed by atoms with Gasteiger partial charge in [-0.3, -0.25) is 5.43 Å². The highest BCUT2D eigenvalue weighted by molar-refractivity contribution is 7.80. The van der Waals surface area contributed by atoms with Crippen molar-refractivity contribution < 1.29 is 9.47 Å². The van der Waals surface area contributed by atoms with Crippen LogP contribution in [0, 0.1) is 0 Å². The molecular weight excluding hydrogens is 298 g/mol. The van der Waals surface area contributed by atoms with Crippen LogP contribution in [0.3, 0.4) is 0 Å². The Morgan fingerprint density at radius 1 is 1.23 bits per heavy atom. The molecule has 0 amide bonds. The zero-order chi connectivity index (χ0) is 15.9. The molecule has 2 aromatic carbocycles. The smallest absolute Gasteiger partial charge is 0.186 e. The lowest BCUT2D eigenvalue weighted by molar-refractivity contribution is 0.413. The first-order valence-corrected chi connectivity index (χ1v) is 7.32. The number of nitrogens with zero attached hydrogens (tertiary/aromatic N) is 1. The Kier molecular flexibility index (Phi) is 5.55. The van der Waals surface area contributed by atoms with Crippen molar-refractivity contribution in [1.29, 1.82) is 0 Å². The van der Waals surface area contributed by atoms with Crippen LogP contribution in [-0.2, 0) is 0 Å². The number of hydrogen-bond donors (Lipinski definition) is 2. The average Bonchev–Trinajstić information content (AvgIpc) is 2.54. The molecule has 0 radical (unpaired) electrons. The summed E-state index contributed by atoms with van der Waals surface area (Å²) in [6.45, 7) is 2.72. The van der Waals surface area contributed by atoms with Gasteiger partial charge in [0.1, 0.15) is 11.5 Å². The fourth-order valence-electron chi connectivity index (χ4n) is 2.10. The van der Waals surface area contributed by atoms with E-state index in [-0.39, 0.29) is 0 Å². The minimum Gasteiger partial charge on any atom is -0.497 e. The van der Waals surface area contributed by atoms with Crippen molar-refractivity contribution in [2.45, 2.75) is 6.92 Å². The quantitative estimate of drug-likeness (QED) is 0.504. The third-order valence-corrected chi connectivity index (χ3v) is 3.38. The summed E-state index contributed by atoms with van der Waals surface area (Å²) in [5, 5.41) is 9.71. The molecule has 6 heteroatoms. The van der Waals surface area contributed by atoms with Crippen LogP contribution in [0.15, 0.2) is 35.4 Å². The van der Waals surface area contributed by atoms with Gasteiger partial charge in [-0.1, -0.05) is 12.1 Å². The van der Waals surface area contributed by atoms with Crippen molar-refractivity contribution in [2.75, 3.05) is 20.8 Å². The van der Waals surface area contributed by atoms with E-state index in [1.807, 2.05) is 37.3 Å². The Hall–Kier alpha value is -2.34. The second kappa shape index (κ2) is 7.61. The van der Waals surface area contributed by atoms with Crippen LogP contribution in [-0.4, -0.2) is 32.1 Å². The van der Waals surface area contributed by atoms with Crippen molar-refractivity contribution in [2.24, 2.45) is 5.10 Å². The zero-order valence-electron chi connectivity index (χ0n) is 12.8. The molecule has 0 aliphatic heterocycles. The maximum Gasteiger partial charge on any atom is 0.186 e. The van der Waals surface area contributed by atoms with Gasteiger partial charge >= 0.3 is 0 Å². The molecule has 0 aromatic heterocycles. The SMILES string of the molecule is CCNC(=S)NN=Cc1c(OC)ccc2ccc(OC)cc12. The molecule has 0 aliphatic carbocycles. The molecule has 0 saturated carbocycles. The molecule has 0 heterocycles. The normalized spacial score (nSPS) is 10.7. The van der Waals surface area contributed by atoms with Crippen LogP contribution in [0.4, 0.5) is 0 Å². The van der Waals surface area contributed by atoms with Crippen molar-refractivity contribution in [3.63, 3.8) is 0 Å². The molecule has 0 atom stereocenters. The number of nitrogens with one attached hydrogen (secondary N) is 2. The number of ether oxygens (including phenoxy) is 2. The number of hydrazone groups is 1. The van der Waals surface area contributed by atoms with Crippen molar-refractivity contribution >= 4 is 34.3 Å². The first kappa shape index (κ1) is 16.0. The fraction of sp³-hybridized carbons (Fsp3) is 0.250. The van der Waals surface area contributed by atoms with Crippen LogP contribution in [0.2, 0.25) is 0 Å². The largest absolute Gasteiger partial charge is 0.497 e. The molecule has 22 heavy (non-hydrogen) atoms. The van der Waals surface area contributed by atoms with Crippen LogP contribution >= 0.6 is 12.2 Å². The number of methoxy groups -OCH3 is 2. The van der Waals surface area contributed by atoms with Crippen LogP contribution in [0.5, 0.6) is 11.5 Å². The standard InChI is InChI=1S/C16H19N3O2S/c1-4-17-16(22)19-18-10-14-13-9-12(20-2)7-5-11(13)6-8-15(14)21-3/h5-10H,4H2,1-3H3,(H2,17,19,22). The van der Waals surface area contributed by atoms with Gasteiger partial charge in [0.25, 0.3) is 0 Å². The van der Waals surface area contributed by atoms with Gasteiger partial charge in [-0.25, -0.2) is 0 Å². The number of hydrogen-bond acceptors (Lipinski definition) is 4. The first-order valence-electron chi connectivity index (χ1n) is 6.91. The molecule has 0 unspecified atom stereocenters. The number of rotatable bonds is 5. The van der Waals surface area contributed by atoms with Gasteiger partial charge in [0.05, 0.1) is 20.4 Å². The maximum atomic E-state index is 5.42. The lowest BCUT2D eigenvalue weighted by Crippen LogP contribution is -2.31. The minimum absolute atomic E-state index is 0.482. The summed E-state index contributed by atoms with van der Waals surface area (Å²) in [5.41, 5.74) is 3.65. The Labute approximate surface area is 135 Å². The number of benzene rings is 2. The van der Waals surface area contributed by atoms with E-state index in [0.717, 1.165) is 34.4 Å². The van der Waals surface area contributed by atoms with E-state index in [2.05, 4.69) is 15.8 Å². The molecule has 2 aromatic rings. The highest BCUT2D eigenvalue weighted by Gasteiger charge is 2.07. The van der Waals surface area contributed by atoms with E-state index in [4.69, 9.17) is 21.7 Å². The van der Waals surface area contributed by atoms with Gasteiger partial charge in [0.15, 0.2) is 5.11 Å². The highest BCUT2D eigenvalue weighted by Crippen LogP contribution is 2.29. The van der Waals surface area contributed by atoms with E-state index in [1.165, 1.54) is 0 Å². The lowest BCUT2D eigenvalue weighted by atomic mass is 10.0. The van der Waals surface area contributed by atoms with Gasteiger partial charge in [-0.05, 0) is 48.1 Å². The molecular formula is C16H19N3O2S. The lowest BCUT2D eigenvalue weighted by Gasteiger charge is -2.10. The number of fused-ring (bicyclic) bond motifs is 1. The van der Waals surface area contributed by atoms with E-state index in [1.54, 1.807) is 20.4 Å². The summed E-state index contributed by atoms with van der Waals surface area (Å²) in [6.07, 6.45) is 1.70. The summed E-state index contributed by atoms with van der Waals surface area (Å²) in [5.74, 6) is 1.52. The minimum atomic E-state index is 0.482. The summed E-state index contributed by atoms with van der Waals surface area (Å²) in [6, 6.07) is 9.80. The molecule has 0 bridgehead atoms. The average molecular weight is 317 g/mol. The number of thiocarbonyl (C=S) groups is 1. The third-order valence-electron chi connectivity index (χ3n) is 3.15. The monoisotopic (exact) mass is 317 g/mol. The molecule has 0 spiro atoms. The van der Waals surface area contributed by atoms with E-state index in [9.17, 15) is 0 Å². The summed E-state index contributed by atoms with van der Waals surface area (Å²) in [4.78, 5) is 0. The Morgan fingerprint density at radius 2 is 2.00 bits per heavy atom. The van der Waals surface area contributed by atoms with Crippen molar-refractivity contribution in [1.82, 2.24) is 10.7 Å². The van der Waals surface area contributed by atoms with Gasteiger partial charge in [-0.15, -0.1) is 0 Å². The van der Waals surface area contributed by atoms with Crippen LogP contribution in [0.1, 0.15) is 12.5 Å². The van der Waals surface area contributed by atoms with Gasteiger partial charge < -0.3 is 14.8 Å². The summed E-state index contributed by atoms with van der Waals surface area (Å²) in [7, 11) is 3.28. The van der Waals surface area contributed by atoms with Crippen molar-refractivity contribution in [3.05, 3.63) is 35.9 Å². The molecule has 0 aliphatic rings. The molecule has 0 saturated heterocycles. The van der Waals surface area contributed by atoms with E-state index >= 15 is 0 Å². The van der Waals surface area contributed by atoms with Gasteiger partial charge in [0, 0.05) is 12.1 Å². The van der Waals surface area contributed by atoms with E-state index < -0.39 is 0 Å². The predicted molar refractivity (Wildman–Crippen MR) is 94.1 cm³/mol. The zero-order valence-corrected chi connectivity index (χ0v) is 13.7. The van der Waals surface area contributed by atoms with Crippen LogP contribution in [0.25, 0.3) is 10.8 Å². The fourth-order valence-corrected chi connectivity index (χ4v) is 2.29. The Morgan fingerprint density at radius 3 is 2.68 bits per heavy atom. The predicted octanol–water partition coefficient (Wildman–Crippen LogP) is 2.67. The summed E-state index contributed by atoms with van der Waals surface area (Å²) >= 11 is 5.08. The third kappa shape index (κ3) is 3.65. The molecule has 0 fully saturated rings. The Balaban J connectivity index is 2.40. The Bertz CT molecular complexity index is 696. The molecule has 2 N–H and O–H groups in total. The summed E-state index contributed by atoms with van der Waals surface area (Å²) < 4.78 is 10.7. The van der Waals surface area contributed by atoms with Crippen molar-refractivity contribution in [3.8, 4) is 11.5 Å². The topological polar surface area (TPSA) is 54.9 Å². The molecule has 2 rings (SSSR count). The second-order valence-electron chi connectivity index (χ2n) is 4.50. The van der Waals surface area contributed by atoms with Gasteiger partial charge in [0.2, 0.25) is 0 Å².